The molecular weight excluding hydrogens is 248 g/mol. The Bertz CT molecular complexity index is 558. The van der Waals surface area contributed by atoms with E-state index in [4.69, 9.17) is 4.74 Å². The van der Waals surface area contributed by atoms with Crippen LogP contribution in [0.5, 0.6) is 5.75 Å². The van der Waals surface area contributed by atoms with E-state index in [-0.39, 0.29) is 0 Å². The molecule has 0 amide bonds. The number of methoxy groups -OCH3 is 1. The predicted octanol–water partition coefficient (Wildman–Crippen LogP) is 4.04. The first-order chi connectivity index (χ1) is 9.65. The molecule has 2 aromatic rings. The number of aryl methyl sites for hydroxylation is 2. The minimum atomic E-state index is -0.652. The summed E-state index contributed by atoms with van der Waals surface area (Å²) < 4.78 is 5.37. The smallest absolute Gasteiger partial charge is 0.125 e. The Hall–Kier alpha value is -1.80. The maximum atomic E-state index is 10.5. The summed E-state index contributed by atoms with van der Waals surface area (Å²) >= 11 is 0. The van der Waals surface area contributed by atoms with Gasteiger partial charge in [-0.15, -0.1) is 0 Å². The summed E-state index contributed by atoms with van der Waals surface area (Å²) in [7, 11) is 1.63. The summed E-state index contributed by atoms with van der Waals surface area (Å²) in [6.45, 7) is 4.18. The van der Waals surface area contributed by atoms with Gasteiger partial charge < -0.3 is 9.84 Å². The summed E-state index contributed by atoms with van der Waals surface area (Å²) in [6.07, 6.45) is 1.55. The summed E-state index contributed by atoms with van der Waals surface area (Å²) in [5.41, 5.74) is 4.13. The van der Waals surface area contributed by atoms with E-state index in [0.29, 0.717) is 0 Å². The van der Waals surface area contributed by atoms with Crippen molar-refractivity contribution in [3.05, 3.63) is 64.7 Å². The maximum Gasteiger partial charge on any atom is 0.125 e. The molecule has 0 aliphatic carbocycles. The second-order valence-electron chi connectivity index (χ2n) is 5.14. The number of rotatable bonds is 5. The summed E-state index contributed by atoms with van der Waals surface area (Å²) in [5, 5.41) is 10.5. The van der Waals surface area contributed by atoms with Gasteiger partial charge >= 0.3 is 0 Å². The number of aliphatic hydroxyl groups is 1. The maximum absolute atomic E-state index is 10.5. The van der Waals surface area contributed by atoms with Crippen LogP contribution in [0.4, 0.5) is 0 Å². The van der Waals surface area contributed by atoms with Gasteiger partial charge in [0.05, 0.1) is 7.11 Å². The molecule has 0 fully saturated rings. The quantitative estimate of drug-likeness (QED) is 0.888. The summed E-state index contributed by atoms with van der Waals surface area (Å²) in [4.78, 5) is 0. The van der Waals surface area contributed by atoms with Gasteiger partial charge in [-0.2, -0.15) is 0 Å². The van der Waals surface area contributed by atoms with Crippen molar-refractivity contribution in [3.8, 4) is 5.75 Å². The number of benzene rings is 2. The molecule has 0 spiro atoms. The highest BCUT2D eigenvalue weighted by Crippen LogP contribution is 2.30. The minimum absolute atomic E-state index is 0.652. The molecular formula is C18H22O2. The molecule has 1 atom stereocenters. The topological polar surface area (TPSA) is 29.5 Å². The molecule has 0 aromatic heterocycles. The second kappa shape index (κ2) is 6.58. The Balaban J connectivity index is 2.28. The zero-order valence-electron chi connectivity index (χ0n) is 12.4. The molecule has 2 aromatic carbocycles. The molecule has 0 heterocycles. The van der Waals surface area contributed by atoms with Crippen molar-refractivity contribution in [2.75, 3.05) is 7.11 Å². The number of aliphatic hydroxyl groups excluding tert-OH is 1. The van der Waals surface area contributed by atoms with Crippen LogP contribution in [0.2, 0.25) is 0 Å². The average Bonchev–Trinajstić information content (AvgIpc) is 2.47. The van der Waals surface area contributed by atoms with Gasteiger partial charge in [-0.1, -0.05) is 49.7 Å². The fourth-order valence-electron chi connectivity index (χ4n) is 2.38. The fraction of sp³-hybridized carbons (Fsp3) is 0.333. The Labute approximate surface area is 121 Å². The van der Waals surface area contributed by atoms with Crippen LogP contribution < -0.4 is 4.74 Å². The predicted molar refractivity (Wildman–Crippen MR) is 82.2 cm³/mol. The number of hydrogen-bond acceptors (Lipinski definition) is 2. The SMILES string of the molecule is CCCc1ccc(C(O)c2ccc(C)cc2OC)cc1. The van der Waals surface area contributed by atoms with Crippen LogP contribution in [-0.2, 0) is 6.42 Å². The first-order valence-electron chi connectivity index (χ1n) is 7.07. The van der Waals surface area contributed by atoms with Crippen molar-refractivity contribution >= 4 is 0 Å². The van der Waals surface area contributed by atoms with Crippen molar-refractivity contribution in [3.63, 3.8) is 0 Å². The molecule has 0 radical (unpaired) electrons. The van der Waals surface area contributed by atoms with Crippen LogP contribution in [0, 0.1) is 6.92 Å². The molecule has 1 unspecified atom stereocenters. The van der Waals surface area contributed by atoms with Crippen molar-refractivity contribution in [2.45, 2.75) is 32.8 Å². The Morgan fingerprint density at radius 3 is 2.40 bits per heavy atom. The lowest BCUT2D eigenvalue weighted by molar-refractivity contribution is 0.214. The Kier molecular flexibility index (Phi) is 4.80. The van der Waals surface area contributed by atoms with Crippen molar-refractivity contribution in [1.82, 2.24) is 0 Å². The highest BCUT2D eigenvalue weighted by molar-refractivity contribution is 5.43. The van der Waals surface area contributed by atoms with Crippen LogP contribution >= 0.6 is 0 Å². The first-order valence-corrected chi connectivity index (χ1v) is 7.07. The fourth-order valence-corrected chi connectivity index (χ4v) is 2.38. The minimum Gasteiger partial charge on any atom is -0.496 e. The zero-order chi connectivity index (χ0) is 14.5. The van der Waals surface area contributed by atoms with Crippen molar-refractivity contribution in [1.29, 1.82) is 0 Å². The van der Waals surface area contributed by atoms with Gasteiger partial charge in [0.15, 0.2) is 0 Å². The molecule has 0 saturated heterocycles. The van der Waals surface area contributed by atoms with Gasteiger partial charge in [0.25, 0.3) is 0 Å². The van der Waals surface area contributed by atoms with Crippen LogP contribution in [0.3, 0.4) is 0 Å². The van der Waals surface area contributed by atoms with Crippen molar-refractivity contribution < 1.29 is 9.84 Å². The summed E-state index contributed by atoms with van der Waals surface area (Å²) in [5.74, 6) is 0.732. The first kappa shape index (κ1) is 14.6. The van der Waals surface area contributed by atoms with E-state index in [9.17, 15) is 5.11 Å². The van der Waals surface area contributed by atoms with Crippen LogP contribution in [-0.4, -0.2) is 12.2 Å². The highest BCUT2D eigenvalue weighted by atomic mass is 16.5. The molecule has 2 rings (SSSR count). The monoisotopic (exact) mass is 270 g/mol. The van der Waals surface area contributed by atoms with Gasteiger partial charge in [-0.25, -0.2) is 0 Å². The largest absolute Gasteiger partial charge is 0.496 e. The molecule has 0 aliphatic heterocycles. The molecule has 0 saturated carbocycles. The lowest BCUT2D eigenvalue weighted by Gasteiger charge is -2.16. The molecule has 2 nitrogen and oxygen atoms in total. The van der Waals surface area contributed by atoms with Crippen molar-refractivity contribution in [2.24, 2.45) is 0 Å². The summed E-state index contributed by atoms with van der Waals surface area (Å²) in [6, 6.07) is 14.0. The van der Waals surface area contributed by atoms with Crippen LogP contribution in [0.25, 0.3) is 0 Å². The molecule has 1 N–H and O–H groups in total. The van der Waals surface area contributed by atoms with E-state index < -0.39 is 6.10 Å². The highest BCUT2D eigenvalue weighted by Gasteiger charge is 2.15. The normalized spacial score (nSPS) is 12.2. The molecule has 20 heavy (non-hydrogen) atoms. The lowest BCUT2D eigenvalue weighted by atomic mass is 9.98. The van der Waals surface area contributed by atoms with Gasteiger partial charge in [-0.05, 0) is 36.1 Å². The second-order valence-corrected chi connectivity index (χ2v) is 5.14. The van der Waals surface area contributed by atoms with Crippen LogP contribution in [0.1, 0.15) is 41.7 Å². The van der Waals surface area contributed by atoms with Gasteiger partial charge in [0, 0.05) is 5.56 Å². The third-order valence-corrected chi connectivity index (χ3v) is 3.52. The van der Waals surface area contributed by atoms with Gasteiger partial charge in [-0.3, -0.25) is 0 Å². The van der Waals surface area contributed by atoms with E-state index in [0.717, 1.165) is 35.3 Å². The van der Waals surface area contributed by atoms with E-state index in [1.807, 2.05) is 37.3 Å². The van der Waals surface area contributed by atoms with Crippen LogP contribution in [0.15, 0.2) is 42.5 Å². The zero-order valence-corrected chi connectivity index (χ0v) is 12.4. The third kappa shape index (κ3) is 3.20. The Morgan fingerprint density at radius 2 is 1.80 bits per heavy atom. The van der Waals surface area contributed by atoms with Gasteiger partial charge in [0.1, 0.15) is 11.9 Å². The third-order valence-electron chi connectivity index (χ3n) is 3.52. The van der Waals surface area contributed by atoms with E-state index in [1.54, 1.807) is 7.11 Å². The lowest BCUT2D eigenvalue weighted by Crippen LogP contribution is -2.03. The van der Waals surface area contributed by atoms with E-state index >= 15 is 0 Å². The molecule has 106 valence electrons. The molecule has 0 aliphatic rings. The number of hydrogen-bond donors (Lipinski definition) is 1. The molecule has 0 bridgehead atoms. The van der Waals surface area contributed by atoms with E-state index in [1.165, 1.54) is 5.56 Å². The standard InChI is InChI=1S/C18H22O2/c1-4-5-14-7-9-15(10-8-14)18(19)16-11-6-13(2)12-17(16)20-3/h6-12,18-19H,4-5H2,1-3H3. The van der Waals surface area contributed by atoms with Gasteiger partial charge in [0.2, 0.25) is 0 Å². The van der Waals surface area contributed by atoms with E-state index in [2.05, 4.69) is 19.1 Å². The number of ether oxygens (including phenoxy) is 1. The molecule has 2 heteroatoms. The Morgan fingerprint density at radius 1 is 1.10 bits per heavy atom. The average molecular weight is 270 g/mol.